The molecule has 2 heteroatoms. The number of fused-ring (bicyclic) bond motifs is 10. The molecule has 314 valence electrons. The fourth-order valence-electron chi connectivity index (χ4n) is 11.6. The minimum Gasteiger partial charge on any atom is -0.0616 e. The zero-order valence-electron chi connectivity index (χ0n) is 37.7. The van der Waals surface area contributed by atoms with Crippen LogP contribution in [0.3, 0.4) is 0 Å². The van der Waals surface area contributed by atoms with Crippen molar-refractivity contribution < 1.29 is 0 Å². The van der Waals surface area contributed by atoms with E-state index in [4.69, 9.17) is 0 Å². The standard InChI is InChI=1S/C64H48P2/c1-63(2)55-37-45(65(59-29-13-21-41-17-5-9-25-47(41)59)60-30-14-22-42-18-6-10-26-48(42)60)33-35-51(55)53-40-58-54(39-57(53)63)52-36-34-46(38-56(52)64(58,3)4)66(61-31-15-23-43-19-7-11-27-49(43)61)62-32-16-24-44-20-8-12-28-50(44)62/h5-40H,1-4H3. The number of hydrogen-bond donors (Lipinski definition) is 0. The Morgan fingerprint density at radius 3 is 0.848 bits per heavy atom. The molecule has 2 aliphatic carbocycles. The second-order valence-electron chi connectivity index (χ2n) is 19.3. The van der Waals surface area contributed by atoms with Crippen LogP contribution in [-0.2, 0) is 10.8 Å². The van der Waals surface area contributed by atoms with Crippen molar-refractivity contribution in [3.8, 4) is 22.3 Å². The molecule has 0 amide bonds. The molecule has 0 atom stereocenters. The molecule has 66 heavy (non-hydrogen) atoms. The molecule has 0 aromatic heterocycles. The van der Waals surface area contributed by atoms with Crippen molar-refractivity contribution >= 4 is 90.8 Å². The van der Waals surface area contributed by atoms with Crippen LogP contribution in [0.5, 0.6) is 0 Å². The average molecular weight is 879 g/mol. The maximum atomic E-state index is 2.59. The van der Waals surface area contributed by atoms with Gasteiger partial charge in [-0.1, -0.05) is 222 Å². The lowest BCUT2D eigenvalue weighted by Crippen LogP contribution is -2.24. The van der Waals surface area contributed by atoms with Crippen molar-refractivity contribution in [1.29, 1.82) is 0 Å². The van der Waals surface area contributed by atoms with Crippen molar-refractivity contribution in [3.05, 3.63) is 241 Å². The summed E-state index contributed by atoms with van der Waals surface area (Å²) in [6.07, 6.45) is 0. The molecule has 13 rings (SSSR count). The van der Waals surface area contributed by atoms with E-state index >= 15 is 0 Å². The third-order valence-electron chi connectivity index (χ3n) is 15.0. The zero-order chi connectivity index (χ0) is 44.3. The molecule has 0 heterocycles. The molecule has 0 radical (unpaired) electrons. The topological polar surface area (TPSA) is 0 Å². The van der Waals surface area contributed by atoms with Crippen molar-refractivity contribution in [2.45, 2.75) is 38.5 Å². The minimum atomic E-state index is -0.885. The maximum absolute atomic E-state index is 2.59. The van der Waals surface area contributed by atoms with Crippen molar-refractivity contribution in [3.63, 3.8) is 0 Å². The Kier molecular flexibility index (Phi) is 8.97. The zero-order valence-corrected chi connectivity index (χ0v) is 39.5. The Morgan fingerprint density at radius 2 is 0.530 bits per heavy atom. The fourth-order valence-corrected chi connectivity index (χ4v) is 17.0. The average Bonchev–Trinajstić information content (AvgIpc) is 3.71. The Balaban J connectivity index is 0.951. The molecule has 0 saturated carbocycles. The molecule has 0 aliphatic heterocycles. The van der Waals surface area contributed by atoms with Gasteiger partial charge < -0.3 is 0 Å². The van der Waals surface area contributed by atoms with Gasteiger partial charge in [0.25, 0.3) is 0 Å². The summed E-state index contributed by atoms with van der Waals surface area (Å²) in [5.41, 5.74) is 10.8. The van der Waals surface area contributed by atoms with Gasteiger partial charge in [0, 0.05) is 10.8 Å². The lowest BCUT2D eigenvalue weighted by Gasteiger charge is -2.26. The summed E-state index contributed by atoms with van der Waals surface area (Å²) in [6.45, 7) is 9.82. The van der Waals surface area contributed by atoms with Gasteiger partial charge in [-0.2, -0.15) is 0 Å². The van der Waals surface area contributed by atoms with Crippen LogP contribution in [0.4, 0.5) is 0 Å². The van der Waals surface area contributed by atoms with Gasteiger partial charge in [0.15, 0.2) is 0 Å². The number of benzene rings is 11. The first-order valence-electron chi connectivity index (χ1n) is 23.3. The predicted octanol–water partition coefficient (Wildman–Crippen LogP) is 14.4. The highest BCUT2D eigenvalue weighted by atomic mass is 31.1. The highest BCUT2D eigenvalue weighted by Gasteiger charge is 2.42. The van der Waals surface area contributed by atoms with E-state index in [9.17, 15) is 0 Å². The van der Waals surface area contributed by atoms with E-state index in [1.54, 1.807) is 0 Å². The summed E-state index contributed by atoms with van der Waals surface area (Å²) in [7, 11) is -1.77. The molecule has 11 aromatic rings. The number of rotatable bonds is 6. The van der Waals surface area contributed by atoms with Crippen LogP contribution in [0.1, 0.15) is 49.9 Å². The molecule has 0 spiro atoms. The Labute approximate surface area is 390 Å². The molecule has 0 saturated heterocycles. The number of hydrogen-bond acceptors (Lipinski definition) is 0. The molecule has 0 fully saturated rings. The smallest absolute Gasteiger partial charge is 0.0159 e. The lowest BCUT2D eigenvalue weighted by molar-refractivity contribution is 0.652. The van der Waals surface area contributed by atoms with Crippen LogP contribution in [0.2, 0.25) is 0 Å². The van der Waals surface area contributed by atoms with Gasteiger partial charge in [-0.25, -0.2) is 0 Å². The van der Waals surface area contributed by atoms with Crippen molar-refractivity contribution in [2.75, 3.05) is 0 Å². The van der Waals surface area contributed by atoms with Crippen molar-refractivity contribution in [1.82, 2.24) is 0 Å². The van der Waals surface area contributed by atoms with Crippen LogP contribution in [0.25, 0.3) is 65.3 Å². The molecule has 11 aromatic carbocycles. The first-order chi connectivity index (χ1) is 32.3. The summed E-state index contributed by atoms with van der Waals surface area (Å²) in [5.74, 6) is 0. The SMILES string of the molecule is CC1(C)c2cc(P(c3cccc4ccccc34)c3cccc4ccccc34)ccc2-c2cc3c(cc21)-c1ccc(P(c2cccc4ccccc24)c2cccc4ccccc24)cc1C3(C)C. The first kappa shape index (κ1) is 39.7. The molecule has 2 aliphatic rings. The molecule has 0 nitrogen and oxygen atoms in total. The lowest BCUT2D eigenvalue weighted by atomic mass is 9.79. The van der Waals surface area contributed by atoms with Gasteiger partial charge in [-0.15, -0.1) is 0 Å². The van der Waals surface area contributed by atoms with E-state index in [0.29, 0.717) is 0 Å². The fraction of sp³-hybridized carbons (Fsp3) is 0.0938. The van der Waals surface area contributed by atoms with Gasteiger partial charge in [0.1, 0.15) is 0 Å². The Morgan fingerprint density at radius 1 is 0.258 bits per heavy atom. The van der Waals surface area contributed by atoms with Crippen LogP contribution in [0, 0.1) is 0 Å². The summed E-state index contributed by atoms with van der Waals surface area (Å²) >= 11 is 0. The van der Waals surface area contributed by atoms with Crippen LogP contribution >= 0.6 is 15.8 Å². The van der Waals surface area contributed by atoms with Crippen LogP contribution in [0.15, 0.2) is 218 Å². The molecule has 0 unspecified atom stereocenters. The second-order valence-corrected chi connectivity index (χ2v) is 23.6. The highest BCUT2D eigenvalue weighted by Crippen LogP contribution is 2.57. The Hall–Kier alpha value is -6.68. The van der Waals surface area contributed by atoms with E-state index in [-0.39, 0.29) is 10.8 Å². The first-order valence-corrected chi connectivity index (χ1v) is 25.9. The normalized spacial score (nSPS) is 14.3. The van der Waals surface area contributed by atoms with E-state index in [1.807, 2.05) is 0 Å². The monoisotopic (exact) mass is 878 g/mol. The van der Waals surface area contributed by atoms with E-state index < -0.39 is 15.8 Å². The van der Waals surface area contributed by atoms with Crippen LogP contribution < -0.4 is 31.8 Å². The van der Waals surface area contributed by atoms with Gasteiger partial charge >= 0.3 is 0 Å². The maximum Gasteiger partial charge on any atom is 0.0159 e. The van der Waals surface area contributed by atoms with Gasteiger partial charge in [-0.05, 0) is 160 Å². The Bertz CT molecular complexity index is 3370. The predicted molar refractivity (Wildman–Crippen MR) is 289 cm³/mol. The molecular weight excluding hydrogens is 831 g/mol. The quantitative estimate of drug-likeness (QED) is 0.146. The third-order valence-corrected chi connectivity index (χ3v) is 20.1. The van der Waals surface area contributed by atoms with E-state index in [0.717, 1.165) is 0 Å². The van der Waals surface area contributed by atoms with Crippen LogP contribution in [-0.4, -0.2) is 0 Å². The summed E-state index contributed by atoms with van der Waals surface area (Å²) < 4.78 is 0. The third kappa shape index (κ3) is 5.92. The summed E-state index contributed by atoms with van der Waals surface area (Å²) in [5, 5.41) is 19.0. The molecule has 0 bridgehead atoms. The van der Waals surface area contributed by atoms with E-state index in [2.05, 4.69) is 246 Å². The molecule has 0 N–H and O–H groups in total. The van der Waals surface area contributed by atoms with Gasteiger partial charge in [-0.3, -0.25) is 0 Å². The van der Waals surface area contributed by atoms with Crippen molar-refractivity contribution in [2.24, 2.45) is 0 Å². The minimum absolute atomic E-state index is 0.182. The largest absolute Gasteiger partial charge is 0.0616 e. The summed E-state index contributed by atoms with van der Waals surface area (Å²) in [6, 6.07) is 83.5. The van der Waals surface area contributed by atoms with Gasteiger partial charge in [0.05, 0.1) is 0 Å². The molecular formula is C64H48P2. The highest BCUT2D eigenvalue weighted by molar-refractivity contribution is 7.81. The van der Waals surface area contributed by atoms with Gasteiger partial charge in [0.2, 0.25) is 0 Å². The van der Waals surface area contributed by atoms with E-state index in [1.165, 1.54) is 119 Å². The second kappa shape index (κ2) is 14.9. The summed E-state index contributed by atoms with van der Waals surface area (Å²) in [4.78, 5) is 0.